The van der Waals surface area contributed by atoms with Crippen molar-refractivity contribution in [3.05, 3.63) is 0 Å². The van der Waals surface area contributed by atoms with Gasteiger partial charge >= 0.3 is 0 Å². The number of thiol groups is 1. The fourth-order valence-electron chi connectivity index (χ4n) is 0.273. The summed E-state index contributed by atoms with van der Waals surface area (Å²) >= 11 is 3.41. The molecule has 0 aromatic heterocycles. The summed E-state index contributed by atoms with van der Waals surface area (Å²) in [6, 6.07) is 0. The smallest absolute Gasteiger partial charge is 0.186 e. The highest BCUT2D eigenvalue weighted by Gasteiger charge is 2.03. The standard InChI is InChI=1S/C4H8O3S2/c1-9(6,7)3-2-4(5)8/h2-3H2,1H3,(H,5,8). The van der Waals surface area contributed by atoms with Crippen LogP contribution in [0.5, 0.6) is 0 Å². The number of hydrogen-bond acceptors (Lipinski definition) is 3. The van der Waals surface area contributed by atoms with Gasteiger partial charge < -0.3 is 0 Å². The van der Waals surface area contributed by atoms with Crippen LogP contribution < -0.4 is 0 Å². The Labute approximate surface area is 59.8 Å². The predicted molar refractivity (Wildman–Crippen MR) is 38.3 cm³/mol. The van der Waals surface area contributed by atoms with Crippen LogP contribution in [0.4, 0.5) is 0 Å². The zero-order valence-electron chi connectivity index (χ0n) is 4.99. The van der Waals surface area contributed by atoms with E-state index in [4.69, 9.17) is 0 Å². The maximum atomic E-state index is 10.3. The van der Waals surface area contributed by atoms with Gasteiger partial charge in [-0.1, -0.05) is 0 Å². The third-order valence-electron chi connectivity index (χ3n) is 0.687. The summed E-state index contributed by atoms with van der Waals surface area (Å²) in [5.74, 6) is -0.102. The Hall–Kier alpha value is -0.0300. The first-order chi connectivity index (χ1) is 3.92. The SMILES string of the molecule is CS(=O)(=O)CCC(=O)S. The number of hydrogen-bond donors (Lipinski definition) is 1. The third-order valence-corrected chi connectivity index (χ3v) is 1.86. The first kappa shape index (κ1) is 8.97. The molecule has 0 fully saturated rings. The van der Waals surface area contributed by atoms with Gasteiger partial charge in [0.15, 0.2) is 5.12 Å². The molecule has 0 amide bonds. The van der Waals surface area contributed by atoms with Crippen molar-refractivity contribution in [3.8, 4) is 0 Å². The zero-order valence-corrected chi connectivity index (χ0v) is 6.71. The molecule has 0 aromatic carbocycles. The molecule has 9 heavy (non-hydrogen) atoms. The second-order valence-corrected chi connectivity index (χ2v) is 4.53. The Kier molecular flexibility index (Phi) is 3.21. The van der Waals surface area contributed by atoms with E-state index in [2.05, 4.69) is 12.6 Å². The van der Waals surface area contributed by atoms with E-state index in [1.807, 2.05) is 0 Å². The molecule has 0 unspecified atom stereocenters. The minimum absolute atomic E-state index is 0.00193. The molecule has 0 rings (SSSR count). The summed E-state index contributed by atoms with van der Waals surface area (Å²) in [6.45, 7) is 0. The van der Waals surface area contributed by atoms with E-state index in [1.165, 1.54) is 0 Å². The van der Waals surface area contributed by atoms with E-state index in [0.29, 0.717) is 0 Å². The van der Waals surface area contributed by atoms with Gasteiger partial charge in [-0.15, -0.1) is 12.6 Å². The summed E-state index contributed by atoms with van der Waals surface area (Å²) < 4.78 is 20.7. The first-order valence-corrected chi connectivity index (χ1v) is 4.82. The maximum Gasteiger partial charge on any atom is 0.186 e. The number of carbonyl (C=O) groups is 1. The molecule has 0 aliphatic heterocycles. The van der Waals surface area contributed by atoms with Gasteiger partial charge in [-0.25, -0.2) is 8.42 Å². The molecular weight excluding hydrogens is 160 g/mol. The maximum absolute atomic E-state index is 10.3. The summed E-state index contributed by atoms with van der Waals surface area (Å²) in [5.41, 5.74) is 0. The minimum Gasteiger partial charge on any atom is -0.287 e. The highest BCUT2D eigenvalue weighted by Crippen LogP contribution is 1.92. The van der Waals surface area contributed by atoms with Gasteiger partial charge in [-0.2, -0.15) is 0 Å². The molecule has 0 heterocycles. The Morgan fingerprint density at radius 3 is 2.11 bits per heavy atom. The molecule has 0 N–H and O–H groups in total. The van der Waals surface area contributed by atoms with Gasteiger partial charge in [0.25, 0.3) is 0 Å². The quantitative estimate of drug-likeness (QED) is 0.598. The molecule has 0 radical (unpaired) electrons. The zero-order chi connectivity index (χ0) is 7.49. The molecule has 0 atom stereocenters. The van der Waals surface area contributed by atoms with Crippen molar-refractivity contribution < 1.29 is 13.2 Å². The number of sulfone groups is 1. The number of carbonyl (C=O) groups excluding carboxylic acids is 1. The minimum atomic E-state index is -2.99. The molecule has 0 aromatic rings. The van der Waals surface area contributed by atoms with Gasteiger partial charge in [-0.05, 0) is 0 Å². The lowest BCUT2D eigenvalue weighted by molar-refractivity contribution is -0.110. The van der Waals surface area contributed by atoms with Crippen LogP contribution in [0.25, 0.3) is 0 Å². The van der Waals surface area contributed by atoms with Crippen LogP contribution in [0.2, 0.25) is 0 Å². The summed E-state index contributed by atoms with van der Waals surface area (Å²) in [4.78, 5) is 10.1. The second kappa shape index (κ2) is 3.22. The van der Waals surface area contributed by atoms with Crippen LogP contribution in [0, 0.1) is 0 Å². The Bertz CT molecular complexity index is 192. The fraction of sp³-hybridized carbons (Fsp3) is 0.750. The van der Waals surface area contributed by atoms with Crippen LogP contribution in [-0.2, 0) is 14.6 Å². The van der Waals surface area contributed by atoms with E-state index in [1.54, 1.807) is 0 Å². The molecule has 0 spiro atoms. The Morgan fingerprint density at radius 1 is 1.56 bits per heavy atom. The van der Waals surface area contributed by atoms with Crippen LogP contribution >= 0.6 is 12.6 Å². The van der Waals surface area contributed by atoms with Crippen molar-refractivity contribution in [2.24, 2.45) is 0 Å². The second-order valence-electron chi connectivity index (χ2n) is 1.77. The van der Waals surface area contributed by atoms with Crippen molar-refractivity contribution in [1.82, 2.24) is 0 Å². The topological polar surface area (TPSA) is 51.2 Å². The van der Waals surface area contributed by atoms with Crippen LogP contribution in [0.3, 0.4) is 0 Å². The van der Waals surface area contributed by atoms with Crippen molar-refractivity contribution >= 4 is 27.6 Å². The van der Waals surface area contributed by atoms with Crippen LogP contribution in [0.15, 0.2) is 0 Å². The van der Waals surface area contributed by atoms with Crippen molar-refractivity contribution in [1.29, 1.82) is 0 Å². The fourth-order valence-corrected chi connectivity index (χ4v) is 1.09. The Balaban J connectivity index is 3.67. The lowest BCUT2D eigenvalue weighted by Gasteiger charge is -1.90. The van der Waals surface area contributed by atoms with E-state index < -0.39 is 9.84 Å². The van der Waals surface area contributed by atoms with Crippen molar-refractivity contribution in [2.45, 2.75) is 6.42 Å². The van der Waals surface area contributed by atoms with E-state index in [9.17, 15) is 13.2 Å². The van der Waals surface area contributed by atoms with Gasteiger partial charge in [0, 0.05) is 12.7 Å². The average Bonchev–Trinajstić information content (AvgIpc) is 1.59. The van der Waals surface area contributed by atoms with E-state index in [-0.39, 0.29) is 17.3 Å². The monoisotopic (exact) mass is 168 g/mol. The molecule has 0 bridgehead atoms. The first-order valence-electron chi connectivity index (χ1n) is 2.31. The number of rotatable bonds is 3. The summed E-state index contributed by atoms with van der Waals surface area (Å²) in [6.07, 6.45) is 1.09. The summed E-state index contributed by atoms with van der Waals surface area (Å²) in [5, 5.41) is -0.388. The third kappa shape index (κ3) is 7.97. The van der Waals surface area contributed by atoms with Crippen molar-refractivity contribution in [2.75, 3.05) is 12.0 Å². The highest BCUT2D eigenvalue weighted by atomic mass is 32.2. The lowest BCUT2D eigenvalue weighted by Crippen LogP contribution is -2.05. The van der Waals surface area contributed by atoms with Crippen LogP contribution in [-0.4, -0.2) is 25.5 Å². The molecule has 0 aliphatic carbocycles. The van der Waals surface area contributed by atoms with Gasteiger partial charge in [0.2, 0.25) is 0 Å². The molecular formula is C4H8O3S2. The summed E-state index contributed by atoms with van der Waals surface area (Å²) in [7, 11) is -2.99. The highest BCUT2D eigenvalue weighted by molar-refractivity contribution is 7.96. The lowest BCUT2D eigenvalue weighted by atomic mass is 10.5. The van der Waals surface area contributed by atoms with Gasteiger partial charge in [-0.3, -0.25) is 4.79 Å². The van der Waals surface area contributed by atoms with Gasteiger partial charge in [0.05, 0.1) is 5.75 Å². The molecule has 0 saturated carbocycles. The van der Waals surface area contributed by atoms with Crippen LogP contribution in [0.1, 0.15) is 6.42 Å². The van der Waals surface area contributed by atoms with Crippen molar-refractivity contribution in [3.63, 3.8) is 0 Å². The largest absolute Gasteiger partial charge is 0.287 e. The molecule has 54 valence electrons. The molecule has 5 heteroatoms. The molecule has 0 saturated heterocycles. The van der Waals surface area contributed by atoms with E-state index in [0.717, 1.165) is 6.26 Å². The predicted octanol–water partition coefficient (Wildman–Crippen LogP) is -0.122. The average molecular weight is 168 g/mol. The van der Waals surface area contributed by atoms with Gasteiger partial charge in [0.1, 0.15) is 9.84 Å². The molecule has 0 aliphatic rings. The normalized spacial score (nSPS) is 11.3. The Morgan fingerprint density at radius 2 is 2.00 bits per heavy atom. The molecule has 3 nitrogen and oxygen atoms in total. The van der Waals surface area contributed by atoms with E-state index >= 15 is 0 Å².